The number of ether oxygens (including phenoxy) is 2. The van der Waals surface area contributed by atoms with Crippen molar-refractivity contribution in [1.82, 2.24) is 9.55 Å². The molecule has 1 unspecified atom stereocenters. The number of nitrogens with one attached hydrogen (secondary N) is 1. The summed E-state index contributed by atoms with van der Waals surface area (Å²) in [5.41, 5.74) is 0.315. The van der Waals surface area contributed by atoms with Gasteiger partial charge in [0.2, 0.25) is 5.95 Å². The van der Waals surface area contributed by atoms with Gasteiger partial charge in [0, 0.05) is 31.4 Å². The van der Waals surface area contributed by atoms with Gasteiger partial charge in [0.25, 0.3) is 5.56 Å². The number of fused-ring (bicyclic) bond motifs is 4. The third-order valence-corrected chi connectivity index (χ3v) is 7.33. The van der Waals surface area contributed by atoms with Gasteiger partial charge >= 0.3 is 12.3 Å². The summed E-state index contributed by atoms with van der Waals surface area (Å²) in [6.45, 7) is 6.38. The van der Waals surface area contributed by atoms with Crippen molar-refractivity contribution in [3.8, 4) is 0 Å². The number of hydrogen-bond acceptors (Lipinski definition) is 7. The number of nitrogens with zero attached hydrogens (tertiary/aromatic N) is 4. The maximum atomic E-state index is 14.1. The molecule has 4 aliphatic rings. The van der Waals surface area contributed by atoms with E-state index in [-0.39, 0.29) is 43.2 Å². The number of alkyl halides is 3. The summed E-state index contributed by atoms with van der Waals surface area (Å²) < 4.78 is 54.8. The summed E-state index contributed by atoms with van der Waals surface area (Å²) in [7, 11) is 0. The minimum Gasteiger partial charge on any atom is -0.444 e. The number of amides is 1. The molecule has 1 aromatic carbocycles. The summed E-state index contributed by atoms with van der Waals surface area (Å²) >= 11 is 0. The molecule has 1 amide bonds. The molecule has 39 heavy (non-hydrogen) atoms. The Morgan fingerprint density at radius 2 is 1.90 bits per heavy atom. The summed E-state index contributed by atoms with van der Waals surface area (Å²) in [6, 6.07) is 6.62. The minimum atomic E-state index is -4.47. The Balaban J connectivity index is 1.36. The van der Waals surface area contributed by atoms with Gasteiger partial charge in [-0.05, 0) is 64.2 Å². The molecule has 4 aliphatic heterocycles. The molecule has 3 saturated heterocycles. The summed E-state index contributed by atoms with van der Waals surface area (Å²) in [4.78, 5) is 32.9. The second-order valence-electron chi connectivity index (χ2n) is 11.4. The first kappa shape index (κ1) is 27.3. The minimum absolute atomic E-state index is 0.0219. The number of benzene rings is 1. The molecule has 0 aliphatic carbocycles. The van der Waals surface area contributed by atoms with Crippen LogP contribution in [0.2, 0.25) is 0 Å². The van der Waals surface area contributed by atoms with Gasteiger partial charge in [-0.1, -0.05) is 12.1 Å². The molecule has 1 aromatic heterocycles. The fourth-order valence-electron chi connectivity index (χ4n) is 5.46. The highest BCUT2D eigenvalue weighted by atomic mass is 19.4. The highest BCUT2D eigenvalue weighted by Gasteiger charge is 2.47. The number of aromatic nitrogens is 2. The Kier molecular flexibility index (Phi) is 7.25. The predicted molar refractivity (Wildman–Crippen MR) is 140 cm³/mol. The van der Waals surface area contributed by atoms with Gasteiger partial charge in [-0.3, -0.25) is 14.7 Å². The first-order chi connectivity index (χ1) is 18.4. The number of piperidine rings is 1. The monoisotopic (exact) mass is 549 g/mol. The predicted octanol–water partition coefficient (Wildman–Crippen LogP) is 4.34. The van der Waals surface area contributed by atoms with Crippen molar-refractivity contribution >= 4 is 23.5 Å². The number of hydrogen-bond donors (Lipinski definition) is 1. The number of carbonyl (C=O) groups excluding carboxylic acids is 1. The Labute approximate surface area is 224 Å². The van der Waals surface area contributed by atoms with Crippen LogP contribution in [0, 0.1) is 0 Å². The third-order valence-electron chi connectivity index (χ3n) is 7.33. The van der Waals surface area contributed by atoms with Gasteiger partial charge in [0.1, 0.15) is 17.5 Å². The van der Waals surface area contributed by atoms with Crippen molar-refractivity contribution in [2.45, 2.75) is 83.0 Å². The molecule has 12 heteroatoms. The topological polar surface area (TPSA) is 88.9 Å². The zero-order chi connectivity index (χ0) is 27.9. The first-order valence-electron chi connectivity index (χ1n) is 13.3. The van der Waals surface area contributed by atoms with E-state index in [1.165, 1.54) is 15.5 Å². The first-order valence-corrected chi connectivity index (χ1v) is 13.3. The summed E-state index contributed by atoms with van der Waals surface area (Å²) in [5.74, 6) is 0.464. The number of carbonyl (C=O) groups is 1. The number of morpholine rings is 1. The highest BCUT2D eigenvalue weighted by molar-refractivity contribution is 5.84. The molecule has 2 bridgehead atoms. The van der Waals surface area contributed by atoms with Crippen LogP contribution in [0.3, 0.4) is 0 Å². The summed E-state index contributed by atoms with van der Waals surface area (Å²) in [6.07, 6.45) is -3.12. The van der Waals surface area contributed by atoms with Crippen molar-refractivity contribution in [3.63, 3.8) is 0 Å². The van der Waals surface area contributed by atoms with Gasteiger partial charge in [-0.2, -0.15) is 18.2 Å². The Hall–Kier alpha value is -3.28. The van der Waals surface area contributed by atoms with E-state index in [0.717, 1.165) is 18.4 Å². The van der Waals surface area contributed by atoms with Crippen LogP contribution >= 0.6 is 0 Å². The number of anilines is 3. The van der Waals surface area contributed by atoms with Crippen molar-refractivity contribution < 1.29 is 27.4 Å². The average molecular weight is 550 g/mol. The average Bonchev–Trinajstić information content (AvgIpc) is 2.87. The van der Waals surface area contributed by atoms with Crippen LogP contribution in [0.1, 0.15) is 45.6 Å². The van der Waals surface area contributed by atoms with Crippen LogP contribution in [0.25, 0.3) is 0 Å². The Morgan fingerprint density at radius 1 is 1.15 bits per heavy atom. The van der Waals surface area contributed by atoms with Gasteiger partial charge in [-0.15, -0.1) is 0 Å². The van der Waals surface area contributed by atoms with Crippen molar-refractivity contribution in [3.05, 3.63) is 46.2 Å². The SMILES string of the molecule is CC(C)(C)OC(=O)Nc1ccc(CCN2c3nc(N4C[C@@H]5CCC4CO5)cc(=O)n3CC[C@H]2C(F)(F)F)cc1. The largest absolute Gasteiger partial charge is 0.444 e. The molecular weight excluding hydrogens is 515 g/mol. The lowest BCUT2D eigenvalue weighted by atomic mass is 9.97. The molecule has 2 aromatic rings. The van der Waals surface area contributed by atoms with Crippen LogP contribution in [0.4, 0.5) is 35.4 Å². The number of rotatable bonds is 5. The fourth-order valence-corrected chi connectivity index (χ4v) is 5.46. The second-order valence-corrected chi connectivity index (χ2v) is 11.4. The van der Waals surface area contributed by atoms with E-state index in [2.05, 4.69) is 10.3 Å². The molecular formula is C27H34F3N5O4. The van der Waals surface area contributed by atoms with E-state index in [1.807, 2.05) is 4.90 Å². The lowest BCUT2D eigenvalue weighted by molar-refractivity contribution is -0.152. The molecule has 212 valence electrons. The molecule has 5 heterocycles. The summed E-state index contributed by atoms with van der Waals surface area (Å²) in [5, 5.41) is 2.64. The van der Waals surface area contributed by atoms with Crippen LogP contribution in [-0.2, 0) is 22.4 Å². The Bertz CT molecular complexity index is 1250. The van der Waals surface area contributed by atoms with Gasteiger partial charge < -0.3 is 19.3 Å². The maximum absolute atomic E-state index is 14.1. The molecule has 0 radical (unpaired) electrons. The van der Waals surface area contributed by atoms with Crippen LogP contribution < -0.4 is 20.7 Å². The zero-order valence-electron chi connectivity index (χ0n) is 22.3. The van der Waals surface area contributed by atoms with E-state index < -0.39 is 23.9 Å². The zero-order valence-corrected chi connectivity index (χ0v) is 22.3. The van der Waals surface area contributed by atoms with Gasteiger partial charge in [-0.25, -0.2) is 4.79 Å². The second kappa shape index (κ2) is 10.4. The standard InChI is InChI=1S/C27H34F3N5O4/c1-26(2,3)39-25(37)31-18-6-4-17(5-7-18)10-12-33-21(27(28,29)30)11-13-34-23(36)14-22(32-24(33)34)35-15-20-9-8-19(35)16-38-20/h4-7,14,19-21H,8-13,15-16H2,1-3H3,(H,31,37)/t19?,20-,21-/m0/s1. The van der Waals surface area contributed by atoms with Crippen LogP contribution in [0.15, 0.2) is 35.1 Å². The molecule has 9 nitrogen and oxygen atoms in total. The normalized spacial score (nSPS) is 23.0. The van der Waals surface area contributed by atoms with E-state index in [0.29, 0.717) is 31.1 Å². The Morgan fingerprint density at radius 3 is 2.49 bits per heavy atom. The van der Waals surface area contributed by atoms with Crippen LogP contribution in [-0.4, -0.2) is 65.3 Å². The van der Waals surface area contributed by atoms with Gasteiger partial charge in [0.15, 0.2) is 0 Å². The number of halogens is 3. The molecule has 0 saturated carbocycles. The smallest absolute Gasteiger partial charge is 0.412 e. The molecule has 1 N–H and O–H groups in total. The van der Waals surface area contributed by atoms with E-state index in [1.54, 1.807) is 45.0 Å². The molecule has 3 atom stereocenters. The maximum Gasteiger partial charge on any atom is 0.412 e. The van der Waals surface area contributed by atoms with Gasteiger partial charge in [0.05, 0.1) is 18.8 Å². The quantitative estimate of drug-likeness (QED) is 0.594. The van der Waals surface area contributed by atoms with Crippen molar-refractivity contribution in [1.29, 1.82) is 0 Å². The lowest BCUT2D eigenvalue weighted by Crippen LogP contribution is -2.56. The van der Waals surface area contributed by atoms with Crippen LogP contribution in [0.5, 0.6) is 0 Å². The third kappa shape index (κ3) is 6.15. The lowest BCUT2D eigenvalue weighted by Gasteiger charge is -2.46. The van der Waals surface area contributed by atoms with E-state index in [4.69, 9.17) is 9.47 Å². The molecule has 3 fully saturated rings. The van der Waals surface area contributed by atoms with E-state index in [9.17, 15) is 22.8 Å². The molecule has 0 spiro atoms. The highest BCUT2D eigenvalue weighted by Crippen LogP contribution is 2.36. The van der Waals surface area contributed by atoms with Crippen molar-refractivity contribution in [2.75, 3.05) is 34.8 Å². The van der Waals surface area contributed by atoms with Crippen molar-refractivity contribution in [2.24, 2.45) is 0 Å². The van der Waals surface area contributed by atoms with E-state index >= 15 is 0 Å². The fraction of sp³-hybridized carbons (Fsp3) is 0.593. The molecule has 6 rings (SSSR count).